The molecule has 0 unspecified atom stereocenters. The lowest BCUT2D eigenvalue weighted by molar-refractivity contribution is -0.384. The van der Waals surface area contributed by atoms with Crippen molar-refractivity contribution in [3.8, 4) is 0 Å². The quantitative estimate of drug-likeness (QED) is 0.489. The molecule has 0 saturated heterocycles. The minimum atomic E-state index is -1.03. The van der Waals surface area contributed by atoms with Gasteiger partial charge >= 0.3 is 5.97 Å². The Morgan fingerprint density at radius 1 is 1.56 bits per heavy atom. The van der Waals surface area contributed by atoms with E-state index in [2.05, 4.69) is 10.3 Å². The largest absolute Gasteiger partial charge is 0.480 e. The van der Waals surface area contributed by atoms with Gasteiger partial charge in [0.2, 0.25) is 0 Å². The van der Waals surface area contributed by atoms with E-state index in [1.807, 2.05) is 0 Å². The van der Waals surface area contributed by atoms with Crippen LogP contribution in [0.15, 0.2) is 28.5 Å². The summed E-state index contributed by atoms with van der Waals surface area (Å²) >= 11 is 0. The molecule has 0 aliphatic rings. The fourth-order valence-electron chi connectivity index (χ4n) is 1.17. The topological polar surface area (TPSA) is 108 Å². The van der Waals surface area contributed by atoms with Crippen molar-refractivity contribution in [2.24, 2.45) is 10.3 Å². The Bertz CT molecular complexity index is 501. The van der Waals surface area contributed by atoms with E-state index in [4.69, 9.17) is 5.11 Å². The highest BCUT2D eigenvalue weighted by atomic mass is 16.6. The zero-order valence-corrected chi connectivity index (χ0v) is 9.90. The number of nitro groups is 1. The Balaban J connectivity index is 2.89. The second kappa shape index (κ2) is 5.71. The SMILES string of the molecule is Cc1ccc([N+](=O)[O-])cc1N=NN(C)CC(=O)O. The van der Waals surface area contributed by atoms with Crippen LogP contribution >= 0.6 is 0 Å². The summed E-state index contributed by atoms with van der Waals surface area (Å²) in [6, 6.07) is 4.21. The van der Waals surface area contributed by atoms with E-state index in [0.717, 1.165) is 5.01 Å². The molecule has 0 heterocycles. The Morgan fingerprint density at radius 2 is 2.22 bits per heavy atom. The number of hydrogen-bond acceptors (Lipinski definition) is 5. The van der Waals surface area contributed by atoms with Crippen molar-refractivity contribution in [3.63, 3.8) is 0 Å². The smallest absolute Gasteiger partial charge is 0.324 e. The minimum Gasteiger partial charge on any atom is -0.480 e. The van der Waals surface area contributed by atoms with Crippen LogP contribution in [-0.2, 0) is 4.79 Å². The van der Waals surface area contributed by atoms with Crippen LogP contribution in [0.2, 0.25) is 0 Å². The molecule has 18 heavy (non-hydrogen) atoms. The number of benzene rings is 1. The summed E-state index contributed by atoms with van der Waals surface area (Å²) in [5.41, 5.74) is 0.963. The lowest BCUT2D eigenvalue weighted by Crippen LogP contribution is -2.19. The van der Waals surface area contributed by atoms with Gasteiger partial charge in [-0.25, -0.2) is 0 Å². The van der Waals surface area contributed by atoms with Crippen LogP contribution in [0, 0.1) is 17.0 Å². The van der Waals surface area contributed by atoms with Gasteiger partial charge in [-0.1, -0.05) is 11.3 Å². The van der Waals surface area contributed by atoms with Gasteiger partial charge in [0.1, 0.15) is 6.54 Å². The summed E-state index contributed by atoms with van der Waals surface area (Å²) in [4.78, 5) is 20.5. The lowest BCUT2D eigenvalue weighted by Gasteiger charge is -2.07. The van der Waals surface area contributed by atoms with Gasteiger partial charge in [-0.3, -0.25) is 19.9 Å². The first-order valence-electron chi connectivity index (χ1n) is 5.00. The summed E-state index contributed by atoms with van der Waals surface area (Å²) in [5.74, 6) is -1.03. The summed E-state index contributed by atoms with van der Waals surface area (Å²) < 4.78 is 0. The molecular formula is C10H12N4O4. The number of aliphatic carboxylic acids is 1. The summed E-state index contributed by atoms with van der Waals surface area (Å²) in [6.07, 6.45) is 0. The molecule has 0 atom stereocenters. The molecule has 1 rings (SSSR count). The van der Waals surface area contributed by atoms with Crippen molar-refractivity contribution < 1.29 is 14.8 Å². The molecule has 8 nitrogen and oxygen atoms in total. The van der Waals surface area contributed by atoms with Crippen molar-refractivity contribution in [2.45, 2.75) is 6.92 Å². The van der Waals surface area contributed by atoms with Crippen LogP contribution in [0.5, 0.6) is 0 Å². The zero-order valence-electron chi connectivity index (χ0n) is 9.90. The third kappa shape index (κ3) is 3.81. The third-order valence-electron chi connectivity index (χ3n) is 2.07. The van der Waals surface area contributed by atoms with Crippen LogP contribution in [-0.4, -0.2) is 34.6 Å². The second-order valence-corrected chi connectivity index (χ2v) is 3.63. The van der Waals surface area contributed by atoms with Crippen molar-refractivity contribution >= 4 is 17.3 Å². The minimum absolute atomic E-state index is 0.0876. The standard InChI is InChI=1S/C10H12N4O4/c1-7-3-4-8(14(17)18)5-9(7)11-12-13(2)6-10(15)16/h3-5H,6H2,1-2H3,(H,15,16). The molecule has 0 aromatic heterocycles. The average Bonchev–Trinajstić information content (AvgIpc) is 2.26. The molecule has 0 amide bonds. The predicted octanol–water partition coefficient (Wildman–Crippen LogP) is 1.92. The van der Waals surface area contributed by atoms with Crippen molar-refractivity contribution in [2.75, 3.05) is 13.6 Å². The normalized spacial score (nSPS) is 10.6. The van der Waals surface area contributed by atoms with Crippen molar-refractivity contribution in [1.82, 2.24) is 5.01 Å². The van der Waals surface area contributed by atoms with Crippen molar-refractivity contribution in [1.29, 1.82) is 0 Å². The van der Waals surface area contributed by atoms with Gasteiger partial charge in [0.15, 0.2) is 0 Å². The number of rotatable bonds is 5. The van der Waals surface area contributed by atoms with Gasteiger partial charge in [-0.15, -0.1) is 5.11 Å². The summed E-state index contributed by atoms with van der Waals surface area (Å²) in [5, 5.41) is 27.7. The van der Waals surface area contributed by atoms with Crippen LogP contribution in [0.25, 0.3) is 0 Å². The van der Waals surface area contributed by atoms with Crippen LogP contribution in [0.1, 0.15) is 5.56 Å². The fraction of sp³-hybridized carbons (Fsp3) is 0.300. The maximum atomic E-state index is 10.6. The number of hydrogen-bond donors (Lipinski definition) is 1. The van der Waals surface area contributed by atoms with E-state index in [1.54, 1.807) is 13.0 Å². The van der Waals surface area contributed by atoms with E-state index in [9.17, 15) is 14.9 Å². The monoisotopic (exact) mass is 252 g/mol. The van der Waals surface area contributed by atoms with Gasteiger partial charge in [0, 0.05) is 19.2 Å². The fourth-order valence-corrected chi connectivity index (χ4v) is 1.17. The molecule has 1 aromatic carbocycles. The number of non-ortho nitro benzene ring substituents is 1. The Hall–Kier alpha value is -2.51. The number of likely N-dealkylation sites (N-methyl/N-ethyl adjacent to an activating group) is 1. The van der Waals surface area contributed by atoms with Gasteiger partial charge in [0.05, 0.1) is 10.6 Å². The molecule has 0 fully saturated rings. The molecule has 0 aliphatic carbocycles. The Labute approximate surface area is 103 Å². The van der Waals surface area contributed by atoms with E-state index in [0.29, 0.717) is 11.3 Å². The maximum Gasteiger partial charge on any atom is 0.324 e. The Kier molecular flexibility index (Phi) is 4.30. The number of carbonyl (C=O) groups is 1. The first-order valence-corrected chi connectivity index (χ1v) is 5.00. The van der Waals surface area contributed by atoms with Gasteiger partial charge in [-0.2, -0.15) is 0 Å². The van der Waals surface area contributed by atoms with Gasteiger partial charge < -0.3 is 5.11 Å². The van der Waals surface area contributed by atoms with Gasteiger partial charge in [0.25, 0.3) is 5.69 Å². The van der Waals surface area contributed by atoms with E-state index in [1.165, 1.54) is 19.2 Å². The molecular weight excluding hydrogens is 240 g/mol. The van der Waals surface area contributed by atoms with E-state index < -0.39 is 10.9 Å². The third-order valence-corrected chi connectivity index (χ3v) is 2.07. The molecule has 0 bridgehead atoms. The van der Waals surface area contributed by atoms with Crippen LogP contribution in [0.4, 0.5) is 11.4 Å². The molecule has 1 aromatic rings. The number of aryl methyl sites for hydroxylation is 1. The highest BCUT2D eigenvalue weighted by Crippen LogP contribution is 2.24. The number of carboxylic acid groups (broad SMARTS) is 1. The van der Waals surface area contributed by atoms with Crippen molar-refractivity contribution in [3.05, 3.63) is 33.9 Å². The summed E-state index contributed by atoms with van der Waals surface area (Å²) in [6.45, 7) is 1.44. The number of nitro benzene ring substituents is 1. The Morgan fingerprint density at radius 3 is 2.78 bits per heavy atom. The van der Waals surface area contributed by atoms with Gasteiger partial charge in [-0.05, 0) is 12.5 Å². The summed E-state index contributed by atoms with van der Waals surface area (Å²) in [7, 11) is 1.45. The molecule has 0 saturated carbocycles. The molecule has 0 radical (unpaired) electrons. The van der Waals surface area contributed by atoms with E-state index >= 15 is 0 Å². The average molecular weight is 252 g/mol. The second-order valence-electron chi connectivity index (χ2n) is 3.63. The number of nitrogens with zero attached hydrogens (tertiary/aromatic N) is 4. The zero-order chi connectivity index (χ0) is 13.7. The molecule has 1 N–H and O–H groups in total. The number of carboxylic acids is 1. The first-order chi connectivity index (χ1) is 8.40. The highest BCUT2D eigenvalue weighted by molar-refractivity contribution is 5.68. The predicted molar refractivity (Wildman–Crippen MR) is 62.6 cm³/mol. The highest BCUT2D eigenvalue weighted by Gasteiger charge is 2.08. The molecule has 0 aliphatic heterocycles. The maximum absolute atomic E-state index is 10.6. The van der Waals surface area contributed by atoms with Crippen LogP contribution in [0.3, 0.4) is 0 Å². The molecule has 96 valence electrons. The molecule has 8 heteroatoms. The first kappa shape index (κ1) is 13.6. The van der Waals surface area contributed by atoms with Crippen LogP contribution < -0.4 is 0 Å². The lowest BCUT2D eigenvalue weighted by atomic mass is 10.2. The molecule has 0 spiro atoms. The van der Waals surface area contributed by atoms with E-state index in [-0.39, 0.29) is 12.2 Å².